The number of hydrogen-bond acceptors (Lipinski definition) is 7. The minimum absolute atomic E-state index is 0.0513. The molecule has 1 N–H and O–H groups in total. The summed E-state index contributed by atoms with van der Waals surface area (Å²) in [6, 6.07) is 16.1. The quantitative estimate of drug-likeness (QED) is 0.469. The molecule has 35 heavy (non-hydrogen) atoms. The zero-order valence-electron chi connectivity index (χ0n) is 20.7. The van der Waals surface area contributed by atoms with Crippen LogP contribution in [0.25, 0.3) is 11.4 Å². The van der Waals surface area contributed by atoms with Crippen molar-refractivity contribution in [1.82, 2.24) is 20.4 Å². The maximum absolute atomic E-state index is 12.8. The Morgan fingerprint density at radius 3 is 2.57 bits per heavy atom. The van der Waals surface area contributed by atoms with Crippen LogP contribution >= 0.6 is 0 Å². The maximum Gasteiger partial charge on any atom is 0.241 e. The van der Waals surface area contributed by atoms with Crippen LogP contribution in [0.2, 0.25) is 0 Å². The Balaban J connectivity index is 1.23. The van der Waals surface area contributed by atoms with Crippen LogP contribution in [-0.4, -0.2) is 54.3 Å². The summed E-state index contributed by atoms with van der Waals surface area (Å²) in [7, 11) is 3.20. The smallest absolute Gasteiger partial charge is 0.241 e. The summed E-state index contributed by atoms with van der Waals surface area (Å²) in [6.07, 6.45) is 3.56. The number of amides is 1. The molecule has 3 aromatic rings. The number of nitrogens with one attached hydrogen (secondary N) is 1. The van der Waals surface area contributed by atoms with Crippen molar-refractivity contribution in [3.05, 3.63) is 60.0 Å². The molecule has 0 saturated carbocycles. The van der Waals surface area contributed by atoms with Gasteiger partial charge in [-0.1, -0.05) is 35.5 Å². The van der Waals surface area contributed by atoms with Gasteiger partial charge in [-0.15, -0.1) is 0 Å². The van der Waals surface area contributed by atoms with E-state index in [-0.39, 0.29) is 17.9 Å². The van der Waals surface area contributed by atoms with E-state index in [1.54, 1.807) is 14.2 Å². The van der Waals surface area contributed by atoms with Crippen molar-refractivity contribution in [2.45, 2.75) is 45.2 Å². The van der Waals surface area contributed by atoms with Crippen molar-refractivity contribution in [1.29, 1.82) is 0 Å². The molecule has 1 unspecified atom stereocenters. The highest BCUT2D eigenvalue weighted by Gasteiger charge is 2.26. The lowest BCUT2D eigenvalue weighted by Crippen LogP contribution is -2.43. The number of ether oxygens (including phenoxy) is 2. The number of aryl methyl sites for hydroxylation is 1. The van der Waals surface area contributed by atoms with Gasteiger partial charge in [-0.3, -0.25) is 9.69 Å². The van der Waals surface area contributed by atoms with Gasteiger partial charge in [0.15, 0.2) is 11.5 Å². The molecule has 4 rings (SSSR count). The third-order valence-electron chi connectivity index (χ3n) is 6.52. The van der Waals surface area contributed by atoms with E-state index in [4.69, 9.17) is 14.0 Å². The summed E-state index contributed by atoms with van der Waals surface area (Å²) >= 11 is 0. The Morgan fingerprint density at radius 1 is 1.11 bits per heavy atom. The molecule has 8 nitrogen and oxygen atoms in total. The molecule has 2 aromatic carbocycles. The van der Waals surface area contributed by atoms with Gasteiger partial charge in [0.1, 0.15) is 0 Å². The van der Waals surface area contributed by atoms with Gasteiger partial charge in [-0.2, -0.15) is 4.98 Å². The highest BCUT2D eigenvalue weighted by Crippen LogP contribution is 2.31. The summed E-state index contributed by atoms with van der Waals surface area (Å²) in [6.45, 7) is 4.30. The van der Waals surface area contributed by atoms with Crippen LogP contribution in [0.5, 0.6) is 11.5 Å². The van der Waals surface area contributed by atoms with Crippen LogP contribution < -0.4 is 14.8 Å². The number of carbonyl (C=O) groups is 1. The first kappa shape index (κ1) is 24.7. The van der Waals surface area contributed by atoms with Gasteiger partial charge < -0.3 is 19.3 Å². The summed E-state index contributed by atoms with van der Waals surface area (Å²) in [5.74, 6) is 2.56. The normalized spacial score (nSPS) is 15.5. The first-order valence-corrected chi connectivity index (χ1v) is 12.2. The number of rotatable bonds is 10. The number of methoxy groups -OCH3 is 2. The highest BCUT2D eigenvalue weighted by atomic mass is 16.5. The Morgan fingerprint density at radius 2 is 1.86 bits per heavy atom. The molecule has 1 atom stereocenters. The van der Waals surface area contributed by atoms with Gasteiger partial charge in [0, 0.05) is 17.5 Å². The van der Waals surface area contributed by atoms with E-state index in [0.717, 1.165) is 44.3 Å². The molecule has 0 bridgehead atoms. The van der Waals surface area contributed by atoms with Gasteiger partial charge >= 0.3 is 0 Å². The average Bonchev–Trinajstić information content (AvgIpc) is 3.36. The number of nitrogens with zero attached hydrogens (tertiary/aromatic N) is 3. The summed E-state index contributed by atoms with van der Waals surface area (Å²) in [5, 5.41) is 7.33. The van der Waals surface area contributed by atoms with Crippen LogP contribution in [0, 0.1) is 5.92 Å². The van der Waals surface area contributed by atoms with Crippen LogP contribution in [0.3, 0.4) is 0 Å². The van der Waals surface area contributed by atoms with Crippen LogP contribution in [0.15, 0.2) is 53.1 Å². The summed E-state index contributed by atoms with van der Waals surface area (Å²) in [4.78, 5) is 19.6. The Hall–Kier alpha value is -3.39. The van der Waals surface area contributed by atoms with Gasteiger partial charge in [0.2, 0.25) is 17.6 Å². The largest absolute Gasteiger partial charge is 0.493 e. The lowest BCUT2D eigenvalue weighted by atomic mass is 9.95. The molecular weight excluding hydrogens is 444 g/mol. The van der Waals surface area contributed by atoms with Crippen molar-refractivity contribution >= 4 is 5.91 Å². The predicted octanol–water partition coefficient (Wildman–Crippen LogP) is 4.10. The molecule has 1 aliphatic heterocycles. The molecule has 186 valence electrons. The standard InChI is InChI=1S/C27H34N4O4/c1-19(9-10-20-7-5-4-6-8-20)28-27(32)21-13-15-31(16-14-21)18-25-29-26(30-35-25)22-11-12-23(33-2)24(17-22)34-3/h4-8,11-12,17,19,21H,9-10,13-16,18H2,1-3H3,(H,28,32). The topological polar surface area (TPSA) is 89.7 Å². The molecule has 0 radical (unpaired) electrons. The van der Waals surface area contributed by atoms with E-state index in [2.05, 4.69) is 51.5 Å². The lowest BCUT2D eigenvalue weighted by molar-refractivity contribution is -0.127. The second kappa shape index (κ2) is 11.8. The van der Waals surface area contributed by atoms with Crippen LogP contribution in [0.1, 0.15) is 37.6 Å². The number of piperidine rings is 1. The Labute approximate surface area is 206 Å². The monoisotopic (exact) mass is 478 g/mol. The van der Waals surface area contributed by atoms with Gasteiger partial charge in [-0.25, -0.2) is 0 Å². The van der Waals surface area contributed by atoms with E-state index < -0.39 is 0 Å². The number of aromatic nitrogens is 2. The maximum atomic E-state index is 12.8. The van der Waals surface area contributed by atoms with Gasteiger partial charge in [0.25, 0.3) is 0 Å². The molecule has 1 fully saturated rings. The molecule has 2 heterocycles. The fourth-order valence-corrected chi connectivity index (χ4v) is 4.42. The summed E-state index contributed by atoms with van der Waals surface area (Å²) in [5.41, 5.74) is 2.10. The third kappa shape index (κ3) is 6.60. The predicted molar refractivity (Wildman–Crippen MR) is 133 cm³/mol. The average molecular weight is 479 g/mol. The molecule has 8 heteroatoms. The molecule has 1 aromatic heterocycles. The second-order valence-corrected chi connectivity index (χ2v) is 9.07. The minimum atomic E-state index is 0.0513. The van der Waals surface area contributed by atoms with Crippen LogP contribution in [0.4, 0.5) is 0 Å². The van der Waals surface area contributed by atoms with Crippen molar-refractivity contribution in [2.24, 2.45) is 5.92 Å². The first-order chi connectivity index (χ1) is 17.1. The van der Waals surface area contributed by atoms with Crippen molar-refractivity contribution < 1.29 is 18.8 Å². The Kier molecular flexibility index (Phi) is 8.36. The molecule has 1 aliphatic rings. The van der Waals surface area contributed by atoms with Gasteiger partial charge in [0.05, 0.1) is 20.8 Å². The second-order valence-electron chi connectivity index (χ2n) is 9.07. The molecule has 1 saturated heterocycles. The number of hydrogen-bond donors (Lipinski definition) is 1. The van der Waals surface area contributed by atoms with Crippen molar-refractivity contribution in [2.75, 3.05) is 27.3 Å². The van der Waals surface area contributed by atoms with E-state index in [1.807, 2.05) is 24.3 Å². The fraction of sp³-hybridized carbons (Fsp3) is 0.444. The van der Waals surface area contributed by atoms with Crippen molar-refractivity contribution in [3.8, 4) is 22.9 Å². The minimum Gasteiger partial charge on any atom is -0.493 e. The van der Waals surface area contributed by atoms with Gasteiger partial charge in [-0.05, 0) is 69.5 Å². The molecule has 0 aliphatic carbocycles. The zero-order valence-corrected chi connectivity index (χ0v) is 20.7. The number of benzene rings is 2. The zero-order chi connectivity index (χ0) is 24.6. The van der Waals surface area contributed by atoms with E-state index in [9.17, 15) is 4.79 Å². The molecule has 1 amide bonds. The fourth-order valence-electron chi connectivity index (χ4n) is 4.42. The number of carbonyl (C=O) groups excluding carboxylic acids is 1. The summed E-state index contributed by atoms with van der Waals surface area (Å²) < 4.78 is 16.1. The van der Waals surface area contributed by atoms with E-state index in [0.29, 0.717) is 29.8 Å². The molecular formula is C27H34N4O4. The lowest BCUT2D eigenvalue weighted by Gasteiger charge is -2.30. The van der Waals surface area contributed by atoms with E-state index in [1.165, 1.54) is 5.56 Å². The first-order valence-electron chi connectivity index (χ1n) is 12.2. The Bertz CT molecular complexity index is 1090. The molecule has 0 spiro atoms. The van der Waals surface area contributed by atoms with Crippen molar-refractivity contribution in [3.63, 3.8) is 0 Å². The SMILES string of the molecule is COc1ccc(-c2noc(CN3CCC(C(=O)NC(C)CCc4ccccc4)CC3)n2)cc1OC. The number of likely N-dealkylation sites (tertiary alicyclic amines) is 1. The van der Waals surface area contributed by atoms with E-state index >= 15 is 0 Å². The highest BCUT2D eigenvalue weighted by molar-refractivity contribution is 5.79. The van der Waals surface area contributed by atoms with Crippen LogP contribution in [-0.2, 0) is 17.8 Å². The third-order valence-corrected chi connectivity index (χ3v) is 6.52.